The van der Waals surface area contributed by atoms with Crippen LogP contribution >= 0.6 is 0 Å². The summed E-state index contributed by atoms with van der Waals surface area (Å²) in [5.41, 5.74) is 3.28. The van der Waals surface area contributed by atoms with E-state index in [-0.39, 0.29) is 5.56 Å². The smallest absolute Gasteiger partial charge is 0.261 e. The summed E-state index contributed by atoms with van der Waals surface area (Å²) in [5, 5.41) is 4.20. The first-order chi connectivity index (χ1) is 16.1. The number of aromatic nitrogens is 6. The van der Waals surface area contributed by atoms with Crippen molar-refractivity contribution in [2.45, 2.75) is 26.2 Å². The van der Waals surface area contributed by atoms with Crippen LogP contribution in [0, 0.1) is 0 Å². The van der Waals surface area contributed by atoms with E-state index < -0.39 is 0 Å². The highest BCUT2D eigenvalue weighted by atomic mass is 16.5. The average Bonchev–Trinajstić information content (AvgIpc) is 3.52. The van der Waals surface area contributed by atoms with E-state index in [1.807, 2.05) is 32.3 Å². The molecule has 33 heavy (non-hydrogen) atoms. The molecule has 1 aliphatic rings. The van der Waals surface area contributed by atoms with Gasteiger partial charge in [0.05, 0.1) is 28.8 Å². The summed E-state index contributed by atoms with van der Waals surface area (Å²) in [6.45, 7) is 3.85. The number of pyridine rings is 2. The van der Waals surface area contributed by atoms with Crippen molar-refractivity contribution in [2.24, 2.45) is 7.05 Å². The van der Waals surface area contributed by atoms with Gasteiger partial charge < -0.3 is 9.64 Å². The topological polar surface area (TPSA) is 102 Å². The third kappa shape index (κ3) is 4.34. The average molecular weight is 444 g/mol. The largest absolute Gasteiger partial charge is 0.455 e. The Labute approximate surface area is 191 Å². The number of aromatic amines is 1. The molecule has 168 valence electrons. The second-order valence-corrected chi connectivity index (χ2v) is 8.02. The zero-order chi connectivity index (χ0) is 22.8. The number of nitrogens with one attached hydrogen (secondary N) is 1. The Morgan fingerprint density at radius 1 is 1.09 bits per heavy atom. The lowest BCUT2D eigenvalue weighted by Crippen LogP contribution is -2.24. The second-order valence-electron chi connectivity index (χ2n) is 8.02. The van der Waals surface area contributed by atoms with Gasteiger partial charge in [0.15, 0.2) is 0 Å². The highest BCUT2D eigenvalue weighted by Gasteiger charge is 2.17. The van der Waals surface area contributed by atoms with E-state index in [0.29, 0.717) is 35.1 Å². The third-order valence-electron chi connectivity index (χ3n) is 5.69. The third-order valence-corrected chi connectivity index (χ3v) is 5.69. The fourth-order valence-electron chi connectivity index (χ4n) is 3.96. The van der Waals surface area contributed by atoms with E-state index in [1.54, 1.807) is 35.4 Å². The van der Waals surface area contributed by atoms with Crippen LogP contribution in [0.15, 0.2) is 53.8 Å². The van der Waals surface area contributed by atoms with Gasteiger partial charge in [-0.2, -0.15) is 5.10 Å². The monoisotopic (exact) mass is 443 g/mol. The molecular weight excluding hydrogens is 418 g/mol. The Hall–Kier alpha value is -4.01. The van der Waals surface area contributed by atoms with Gasteiger partial charge in [0, 0.05) is 50.4 Å². The fraction of sp³-hybridized carbons (Fsp3) is 0.292. The Morgan fingerprint density at radius 3 is 2.67 bits per heavy atom. The van der Waals surface area contributed by atoms with Crippen LogP contribution in [0.2, 0.25) is 0 Å². The fourth-order valence-corrected chi connectivity index (χ4v) is 3.96. The van der Waals surface area contributed by atoms with Crippen LogP contribution in [0.4, 0.5) is 5.95 Å². The molecule has 4 aromatic rings. The lowest BCUT2D eigenvalue weighted by Gasteiger charge is -2.15. The molecule has 0 atom stereocenters. The maximum Gasteiger partial charge on any atom is 0.261 e. The molecule has 1 N–H and O–H groups in total. The number of H-pyrrole nitrogens is 1. The summed E-state index contributed by atoms with van der Waals surface area (Å²) in [4.78, 5) is 31.3. The molecule has 1 saturated heterocycles. The van der Waals surface area contributed by atoms with Crippen LogP contribution < -0.4 is 15.2 Å². The maximum atomic E-state index is 12.7. The van der Waals surface area contributed by atoms with Gasteiger partial charge in [-0.25, -0.2) is 9.97 Å². The van der Waals surface area contributed by atoms with Crippen molar-refractivity contribution in [3.05, 3.63) is 65.1 Å². The van der Waals surface area contributed by atoms with Crippen LogP contribution in [0.3, 0.4) is 0 Å². The molecule has 0 unspecified atom stereocenters. The van der Waals surface area contributed by atoms with Crippen LogP contribution in [-0.4, -0.2) is 42.8 Å². The van der Waals surface area contributed by atoms with Crippen molar-refractivity contribution < 1.29 is 4.74 Å². The quantitative estimate of drug-likeness (QED) is 0.486. The molecule has 1 aliphatic heterocycles. The Bertz CT molecular complexity index is 1340. The molecule has 0 amide bonds. The van der Waals surface area contributed by atoms with Crippen LogP contribution in [0.25, 0.3) is 22.5 Å². The molecule has 4 aromatic heterocycles. The Balaban J connectivity index is 1.41. The number of anilines is 1. The predicted molar refractivity (Wildman–Crippen MR) is 125 cm³/mol. The van der Waals surface area contributed by atoms with Crippen molar-refractivity contribution in [2.75, 3.05) is 18.0 Å². The van der Waals surface area contributed by atoms with Crippen molar-refractivity contribution >= 4 is 5.95 Å². The van der Waals surface area contributed by atoms with E-state index in [1.165, 1.54) is 0 Å². The van der Waals surface area contributed by atoms with Gasteiger partial charge in [-0.15, -0.1) is 0 Å². The number of hydrogen-bond donors (Lipinski definition) is 1. The number of nitrogens with zero attached hydrogens (tertiary/aromatic N) is 6. The number of hydrogen-bond acceptors (Lipinski definition) is 7. The first kappa shape index (κ1) is 20.9. The maximum absolute atomic E-state index is 12.7. The minimum absolute atomic E-state index is 0.189. The normalized spacial score (nSPS) is 13.5. The predicted octanol–water partition coefficient (Wildman–Crippen LogP) is 3.58. The minimum Gasteiger partial charge on any atom is -0.455 e. The Kier molecular flexibility index (Phi) is 5.60. The summed E-state index contributed by atoms with van der Waals surface area (Å²) < 4.78 is 7.87. The van der Waals surface area contributed by atoms with Crippen molar-refractivity contribution in [1.29, 1.82) is 0 Å². The highest BCUT2D eigenvalue weighted by molar-refractivity contribution is 5.60. The van der Waals surface area contributed by atoms with Crippen molar-refractivity contribution in [1.82, 2.24) is 29.7 Å². The lowest BCUT2D eigenvalue weighted by molar-refractivity contribution is 0.473. The second kappa shape index (κ2) is 8.85. The molecule has 9 heteroatoms. The van der Waals surface area contributed by atoms with E-state index in [0.717, 1.165) is 42.9 Å². The van der Waals surface area contributed by atoms with E-state index in [9.17, 15) is 4.79 Å². The SMILES string of the molecule is CCc1nc(-c2cnc(N3CCCC3)[nH]c2=O)ccc1Oc1ccnc(-c2cnn(C)c2)c1. The van der Waals surface area contributed by atoms with Crippen LogP contribution in [0.5, 0.6) is 11.5 Å². The minimum atomic E-state index is -0.189. The van der Waals surface area contributed by atoms with Gasteiger partial charge >= 0.3 is 0 Å². The highest BCUT2D eigenvalue weighted by Crippen LogP contribution is 2.29. The molecule has 5 heterocycles. The van der Waals surface area contributed by atoms with Crippen LogP contribution in [-0.2, 0) is 13.5 Å². The number of ether oxygens (including phenoxy) is 1. The van der Waals surface area contributed by atoms with E-state index >= 15 is 0 Å². The molecule has 1 fully saturated rings. The first-order valence-electron chi connectivity index (χ1n) is 11.1. The van der Waals surface area contributed by atoms with E-state index in [4.69, 9.17) is 9.72 Å². The zero-order valence-corrected chi connectivity index (χ0v) is 18.7. The summed E-state index contributed by atoms with van der Waals surface area (Å²) in [6.07, 6.45) is 9.88. The lowest BCUT2D eigenvalue weighted by atomic mass is 10.1. The Morgan fingerprint density at radius 2 is 1.94 bits per heavy atom. The summed E-state index contributed by atoms with van der Waals surface area (Å²) in [7, 11) is 1.87. The molecular formula is C24H25N7O2. The van der Waals surface area contributed by atoms with Gasteiger partial charge in [0.25, 0.3) is 5.56 Å². The van der Waals surface area contributed by atoms with Crippen molar-refractivity contribution in [3.63, 3.8) is 0 Å². The molecule has 5 rings (SSSR count). The molecule has 9 nitrogen and oxygen atoms in total. The molecule has 0 aromatic carbocycles. The van der Waals surface area contributed by atoms with Gasteiger partial charge in [-0.3, -0.25) is 19.4 Å². The first-order valence-corrected chi connectivity index (χ1v) is 11.1. The zero-order valence-electron chi connectivity index (χ0n) is 18.7. The molecule has 0 radical (unpaired) electrons. The number of aryl methyl sites for hydroxylation is 2. The molecule has 0 bridgehead atoms. The number of rotatable bonds is 6. The van der Waals surface area contributed by atoms with Crippen molar-refractivity contribution in [3.8, 4) is 34.0 Å². The summed E-state index contributed by atoms with van der Waals surface area (Å²) in [5.74, 6) is 1.92. The molecule has 0 spiro atoms. The van der Waals surface area contributed by atoms with Gasteiger partial charge in [0.1, 0.15) is 11.5 Å². The van der Waals surface area contributed by atoms with E-state index in [2.05, 4.69) is 25.0 Å². The van der Waals surface area contributed by atoms with Gasteiger partial charge in [0.2, 0.25) is 5.95 Å². The standard InChI is InChI=1S/C24H25N7O2/c1-3-19-22(33-17-8-9-25-21(12-17)16-13-27-30(2)15-16)7-6-20(28-19)18-14-26-24(29-23(18)32)31-10-4-5-11-31/h6-9,12-15H,3-5,10-11H2,1-2H3,(H,26,29,32). The van der Waals surface area contributed by atoms with Gasteiger partial charge in [-0.1, -0.05) is 6.92 Å². The summed E-state index contributed by atoms with van der Waals surface area (Å²) >= 11 is 0. The van der Waals surface area contributed by atoms with Crippen LogP contribution in [0.1, 0.15) is 25.5 Å². The molecule has 0 saturated carbocycles. The van der Waals surface area contributed by atoms with Gasteiger partial charge in [-0.05, 0) is 37.5 Å². The molecule has 0 aliphatic carbocycles. The summed E-state index contributed by atoms with van der Waals surface area (Å²) in [6, 6.07) is 7.31.